The molecule has 118 valence electrons. The van der Waals surface area contributed by atoms with Crippen molar-refractivity contribution in [1.82, 2.24) is 4.72 Å². The minimum atomic E-state index is -3.30. The highest BCUT2D eigenvalue weighted by Gasteiger charge is 2.10. The molecule has 22 heavy (non-hydrogen) atoms. The zero-order valence-corrected chi connectivity index (χ0v) is 14.4. The third kappa shape index (κ3) is 6.40. The van der Waals surface area contributed by atoms with Gasteiger partial charge in [0.05, 0.1) is 5.75 Å². The number of hydrogen-bond acceptors (Lipinski definition) is 3. The molecule has 0 saturated carbocycles. The summed E-state index contributed by atoms with van der Waals surface area (Å²) in [6, 6.07) is 17.0. The fourth-order valence-corrected chi connectivity index (χ4v) is 4.11. The van der Waals surface area contributed by atoms with Crippen LogP contribution in [0.3, 0.4) is 0 Å². The van der Waals surface area contributed by atoms with E-state index in [2.05, 4.69) is 16.9 Å². The molecule has 0 unspecified atom stereocenters. The Morgan fingerprint density at radius 1 is 0.955 bits per heavy atom. The van der Waals surface area contributed by atoms with Gasteiger partial charge in [0, 0.05) is 23.1 Å². The van der Waals surface area contributed by atoms with Crippen molar-refractivity contribution in [2.24, 2.45) is 0 Å². The number of nitrogens with one attached hydrogen (secondary N) is 1. The van der Waals surface area contributed by atoms with Crippen LogP contribution in [0.1, 0.15) is 11.1 Å². The average molecular weight is 356 g/mol. The lowest BCUT2D eigenvalue weighted by Crippen LogP contribution is -2.27. The largest absolute Gasteiger partial charge is 0.215 e. The minimum Gasteiger partial charge on any atom is -0.214 e. The fraction of sp³-hybridized carbons (Fsp3) is 0.250. The molecule has 0 fully saturated rings. The Hall–Kier alpha value is -1.01. The Morgan fingerprint density at radius 3 is 2.32 bits per heavy atom. The summed E-state index contributed by atoms with van der Waals surface area (Å²) < 4.78 is 26.6. The highest BCUT2D eigenvalue weighted by atomic mass is 35.5. The van der Waals surface area contributed by atoms with Crippen molar-refractivity contribution in [1.29, 1.82) is 0 Å². The van der Waals surface area contributed by atoms with Crippen molar-refractivity contribution in [3.63, 3.8) is 0 Å². The Kier molecular flexibility index (Phi) is 6.76. The second kappa shape index (κ2) is 8.58. The average Bonchev–Trinajstić information content (AvgIpc) is 2.50. The maximum atomic E-state index is 12.0. The lowest BCUT2D eigenvalue weighted by Gasteiger charge is -2.07. The summed E-state index contributed by atoms with van der Waals surface area (Å²) in [5.41, 5.74) is 1.98. The molecule has 6 heteroatoms. The van der Waals surface area contributed by atoms with Gasteiger partial charge in [-0.1, -0.05) is 54.1 Å². The van der Waals surface area contributed by atoms with Crippen molar-refractivity contribution in [2.45, 2.75) is 11.5 Å². The van der Waals surface area contributed by atoms with Crippen LogP contribution in [-0.2, 0) is 21.5 Å². The zero-order chi connectivity index (χ0) is 15.8. The summed E-state index contributed by atoms with van der Waals surface area (Å²) >= 11 is 7.49. The Morgan fingerprint density at radius 2 is 1.64 bits per heavy atom. The molecule has 0 aromatic heterocycles. The first-order valence-corrected chi connectivity index (χ1v) is 10.1. The molecule has 0 saturated heterocycles. The van der Waals surface area contributed by atoms with E-state index in [1.165, 1.54) is 5.56 Å². The molecule has 0 aliphatic heterocycles. The number of thioether (sulfide) groups is 1. The number of sulfonamides is 1. The van der Waals surface area contributed by atoms with E-state index in [4.69, 9.17) is 11.6 Å². The third-order valence-corrected chi connectivity index (χ3v) is 5.59. The number of benzene rings is 2. The van der Waals surface area contributed by atoms with Gasteiger partial charge in [0.2, 0.25) is 10.0 Å². The van der Waals surface area contributed by atoms with Crippen LogP contribution >= 0.6 is 23.4 Å². The molecule has 3 nitrogen and oxygen atoms in total. The second-order valence-electron chi connectivity index (χ2n) is 4.82. The van der Waals surface area contributed by atoms with Gasteiger partial charge in [-0.25, -0.2) is 13.1 Å². The molecule has 0 radical (unpaired) electrons. The monoisotopic (exact) mass is 355 g/mol. The molecule has 0 aliphatic carbocycles. The second-order valence-corrected chi connectivity index (χ2v) is 8.17. The van der Waals surface area contributed by atoms with E-state index in [1.54, 1.807) is 36.0 Å². The molecular formula is C16H18ClNO2S2. The molecule has 0 amide bonds. The van der Waals surface area contributed by atoms with Gasteiger partial charge in [-0.15, -0.1) is 0 Å². The maximum absolute atomic E-state index is 12.0. The molecule has 0 spiro atoms. The number of hydrogen-bond donors (Lipinski definition) is 1. The standard InChI is InChI=1S/C16H18ClNO2S2/c17-16-8-6-15(7-9-16)13-22(19,20)18-10-11-21-12-14-4-2-1-3-5-14/h1-9,18H,10-13H2. The topological polar surface area (TPSA) is 46.2 Å². The van der Waals surface area contributed by atoms with Crippen LogP contribution in [0.2, 0.25) is 5.02 Å². The quantitative estimate of drug-likeness (QED) is 0.734. The summed E-state index contributed by atoms with van der Waals surface area (Å²) in [5.74, 6) is 1.61. The first-order chi connectivity index (χ1) is 10.6. The van der Waals surface area contributed by atoms with Gasteiger partial charge in [-0.3, -0.25) is 0 Å². The lowest BCUT2D eigenvalue weighted by atomic mass is 10.2. The van der Waals surface area contributed by atoms with Crippen LogP contribution in [0.5, 0.6) is 0 Å². The van der Waals surface area contributed by atoms with E-state index >= 15 is 0 Å². The summed E-state index contributed by atoms with van der Waals surface area (Å²) in [7, 11) is -3.30. The van der Waals surface area contributed by atoms with Crippen molar-refractivity contribution in [2.75, 3.05) is 12.3 Å². The molecule has 2 rings (SSSR count). The van der Waals surface area contributed by atoms with Crippen molar-refractivity contribution < 1.29 is 8.42 Å². The van der Waals surface area contributed by atoms with Crippen molar-refractivity contribution in [3.8, 4) is 0 Å². The molecular weight excluding hydrogens is 338 g/mol. The third-order valence-electron chi connectivity index (χ3n) is 2.95. The highest BCUT2D eigenvalue weighted by molar-refractivity contribution is 7.98. The van der Waals surface area contributed by atoms with Gasteiger partial charge in [0.1, 0.15) is 0 Å². The number of rotatable bonds is 8. The van der Waals surface area contributed by atoms with Crippen LogP contribution in [0, 0.1) is 0 Å². The molecule has 2 aromatic carbocycles. The Labute approximate surface area is 141 Å². The summed E-state index contributed by atoms with van der Waals surface area (Å²) in [4.78, 5) is 0. The van der Waals surface area contributed by atoms with Gasteiger partial charge in [0.25, 0.3) is 0 Å². The fourth-order valence-electron chi connectivity index (χ4n) is 1.88. The van der Waals surface area contributed by atoms with Crippen LogP contribution in [-0.4, -0.2) is 20.7 Å². The van der Waals surface area contributed by atoms with Gasteiger partial charge in [-0.2, -0.15) is 11.8 Å². The smallest absolute Gasteiger partial charge is 0.214 e. The van der Waals surface area contributed by atoms with E-state index in [9.17, 15) is 8.42 Å². The Bertz CT molecular complexity index is 673. The van der Waals surface area contributed by atoms with E-state index in [0.717, 1.165) is 17.1 Å². The van der Waals surface area contributed by atoms with Crippen LogP contribution in [0.4, 0.5) is 0 Å². The van der Waals surface area contributed by atoms with Crippen LogP contribution in [0.25, 0.3) is 0 Å². The summed E-state index contributed by atoms with van der Waals surface area (Å²) in [6.07, 6.45) is 0. The normalized spacial score (nSPS) is 11.5. The van der Waals surface area contributed by atoms with Gasteiger partial charge in [0.15, 0.2) is 0 Å². The molecule has 1 N–H and O–H groups in total. The first-order valence-electron chi connectivity index (χ1n) is 6.89. The SMILES string of the molecule is O=S(=O)(Cc1ccc(Cl)cc1)NCCSCc1ccccc1. The zero-order valence-electron chi connectivity index (χ0n) is 12.0. The van der Waals surface area contributed by atoms with Crippen molar-refractivity contribution in [3.05, 3.63) is 70.7 Å². The van der Waals surface area contributed by atoms with E-state index in [0.29, 0.717) is 11.6 Å². The van der Waals surface area contributed by atoms with Gasteiger partial charge in [-0.05, 0) is 23.3 Å². The van der Waals surface area contributed by atoms with Gasteiger partial charge < -0.3 is 0 Å². The Balaban J connectivity index is 1.70. The van der Waals surface area contributed by atoms with Crippen LogP contribution in [0.15, 0.2) is 54.6 Å². The predicted octanol–water partition coefficient (Wildman–Crippen LogP) is 3.69. The molecule has 0 bridgehead atoms. The number of halogens is 1. The first kappa shape index (κ1) is 17.3. The molecule has 0 aliphatic rings. The van der Waals surface area contributed by atoms with E-state index < -0.39 is 10.0 Å². The summed E-state index contributed by atoms with van der Waals surface area (Å²) in [6.45, 7) is 0.438. The van der Waals surface area contributed by atoms with Crippen LogP contribution < -0.4 is 4.72 Å². The summed E-state index contributed by atoms with van der Waals surface area (Å²) in [5, 5.41) is 0.603. The lowest BCUT2D eigenvalue weighted by molar-refractivity contribution is 0.583. The minimum absolute atomic E-state index is 0.0203. The highest BCUT2D eigenvalue weighted by Crippen LogP contribution is 2.13. The van der Waals surface area contributed by atoms with E-state index in [-0.39, 0.29) is 5.75 Å². The maximum Gasteiger partial charge on any atom is 0.215 e. The predicted molar refractivity (Wildman–Crippen MR) is 94.7 cm³/mol. The molecule has 0 heterocycles. The molecule has 0 atom stereocenters. The molecule has 2 aromatic rings. The van der Waals surface area contributed by atoms with Crippen molar-refractivity contribution >= 4 is 33.4 Å². The van der Waals surface area contributed by atoms with E-state index in [1.807, 2.05) is 18.2 Å². The van der Waals surface area contributed by atoms with Gasteiger partial charge >= 0.3 is 0 Å².